The molecule has 3 aromatic heterocycles. The standard InChI is InChI=1S/C44H29N5/c1-5-16-30(17-6-1)37-29-38(46-42(45-37)31-18-7-2-8-19-31)33-22-15-23-34(28-33)41-40-36-26-13-14-27-39(36)49(35-24-11-4-12-25-35)44(40)48-43(47-41)32-20-9-3-10-21-32/h1-29H. The van der Waals surface area contributed by atoms with Crippen LogP contribution in [0.25, 0.3) is 84.2 Å². The van der Waals surface area contributed by atoms with E-state index in [1.165, 1.54) is 0 Å². The second-order valence-electron chi connectivity index (χ2n) is 11.9. The minimum absolute atomic E-state index is 0.674. The van der Waals surface area contributed by atoms with Gasteiger partial charge in [0.2, 0.25) is 0 Å². The summed E-state index contributed by atoms with van der Waals surface area (Å²) < 4.78 is 2.24. The molecule has 0 aliphatic rings. The molecular weight excluding hydrogens is 599 g/mol. The molecule has 49 heavy (non-hydrogen) atoms. The number of hydrogen-bond donors (Lipinski definition) is 0. The van der Waals surface area contributed by atoms with Gasteiger partial charge >= 0.3 is 0 Å². The molecule has 9 rings (SSSR count). The van der Waals surface area contributed by atoms with Gasteiger partial charge in [-0.3, -0.25) is 4.57 Å². The van der Waals surface area contributed by atoms with Crippen LogP contribution < -0.4 is 0 Å². The second-order valence-corrected chi connectivity index (χ2v) is 11.9. The van der Waals surface area contributed by atoms with Crippen LogP contribution in [0.15, 0.2) is 176 Å². The van der Waals surface area contributed by atoms with Gasteiger partial charge in [-0.25, -0.2) is 19.9 Å². The highest BCUT2D eigenvalue weighted by atomic mass is 15.1. The van der Waals surface area contributed by atoms with Gasteiger partial charge in [-0.2, -0.15) is 0 Å². The molecule has 0 spiro atoms. The molecule has 0 bridgehead atoms. The summed E-state index contributed by atoms with van der Waals surface area (Å²) in [4.78, 5) is 20.7. The molecule has 5 heteroatoms. The maximum Gasteiger partial charge on any atom is 0.162 e. The Morgan fingerprint density at radius 2 is 0.878 bits per heavy atom. The number of hydrogen-bond acceptors (Lipinski definition) is 4. The monoisotopic (exact) mass is 627 g/mol. The smallest absolute Gasteiger partial charge is 0.162 e. The molecule has 3 heterocycles. The van der Waals surface area contributed by atoms with Crippen molar-refractivity contribution in [3.8, 4) is 62.2 Å². The van der Waals surface area contributed by atoms with Gasteiger partial charge in [0.25, 0.3) is 0 Å². The Bertz CT molecular complexity index is 2520. The molecule has 5 nitrogen and oxygen atoms in total. The zero-order valence-corrected chi connectivity index (χ0v) is 26.5. The summed E-state index contributed by atoms with van der Waals surface area (Å²) in [5.41, 5.74) is 10.5. The van der Waals surface area contributed by atoms with Crippen LogP contribution in [0.4, 0.5) is 0 Å². The SMILES string of the molecule is c1ccc(-c2cc(-c3cccc(-c4nc(-c5ccccc5)nc5c4c4ccccc4n5-c4ccccc4)c3)nc(-c3ccccc3)n2)cc1. The fraction of sp³-hybridized carbons (Fsp3) is 0. The van der Waals surface area contributed by atoms with Gasteiger partial charge in [0.1, 0.15) is 5.65 Å². The van der Waals surface area contributed by atoms with E-state index in [0.717, 1.165) is 72.5 Å². The molecule has 0 atom stereocenters. The van der Waals surface area contributed by atoms with E-state index in [0.29, 0.717) is 11.6 Å². The van der Waals surface area contributed by atoms with Crippen molar-refractivity contribution >= 4 is 21.9 Å². The van der Waals surface area contributed by atoms with E-state index in [4.69, 9.17) is 19.9 Å². The van der Waals surface area contributed by atoms with E-state index < -0.39 is 0 Å². The molecule has 6 aromatic carbocycles. The zero-order chi connectivity index (χ0) is 32.6. The summed E-state index contributed by atoms with van der Waals surface area (Å²) in [6, 6.07) is 60.1. The van der Waals surface area contributed by atoms with Gasteiger partial charge in [0.05, 0.1) is 28.0 Å². The maximum atomic E-state index is 5.31. The number of fused-ring (bicyclic) bond motifs is 3. The van der Waals surface area contributed by atoms with Crippen molar-refractivity contribution in [1.29, 1.82) is 0 Å². The van der Waals surface area contributed by atoms with Gasteiger partial charge in [0, 0.05) is 38.9 Å². The average Bonchev–Trinajstić information content (AvgIpc) is 3.53. The lowest BCUT2D eigenvalue weighted by atomic mass is 10.0. The van der Waals surface area contributed by atoms with Crippen LogP contribution in [-0.4, -0.2) is 24.5 Å². The van der Waals surface area contributed by atoms with Gasteiger partial charge in [-0.15, -0.1) is 0 Å². The van der Waals surface area contributed by atoms with Crippen LogP contribution in [0.5, 0.6) is 0 Å². The quantitative estimate of drug-likeness (QED) is 0.184. The predicted octanol–water partition coefficient (Wildman–Crippen LogP) is 10.7. The van der Waals surface area contributed by atoms with Gasteiger partial charge in [-0.1, -0.05) is 146 Å². The number of rotatable bonds is 6. The second kappa shape index (κ2) is 12.1. The lowest BCUT2D eigenvalue weighted by Gasteiger charge is -2.12. The predicted molar refractivity (Wildman–Crippen MR) is 199 cm³/mol. The average molecular weight is 628 g/mol. The molecule has 0 fully saturated rings. The molecule has 0 saturated heterocycles. The molecule has 0 radical (unpaired) electrons. The first-order valence-electron chi connectivity index (χ1n) is 16.3. The maximum absolute atomic E-state index is 5.31. The Morgan fingerprint density at radius 1 is 0.367 bits per heavy atom. The molecule has 9 aromatic rings. The first-order chi connectivity index (χ1) is 24.3. The molecular formula is C44H29N5. The Kier molecular flexibility index (Phi) is 7.06. The lowest BCUT2D eigenvalue weighted by Crippen LogP contribution is -1.99. The van der Waals surface area contributed by atoms with Crippen LogP contribution in [-0.2, 0) is 0 Å². The van der Waals surface area contributed by atoms with Crippen molar-refractivity contribution in [3.05, 3.63) is 176 Å². The Labute approximate surface area is 283 Å². The van der Waals surface area contributed by atoms with Gasteiger partial charge < -0.3 is 0 Å². The highest BCUT2D eigenvalue weighted by Gasteiger charge is 2.21. The highest BCUT2D eigenvalue weighted by molar-refractivity contribution is 6.14. The van der Waals surface area contributed by atoms with Crippen molar-refractivity contribution in [3.63, 3.8) is 0 Å². The number of aromatic nitrogens is 5. The van der Waals surface area contributed by atoms with Gasteiger partial charge in [0.15, 0.2) is 11.6 Å². The van der Waals surface area contributed by atoms with E-state index in [2.05, 4.69) is 120 Å². The Morgan fingerprint density at radius 3 is 1.55 bits per heavy atom. The number of benzene rings is 6. The Hall–Kier alpha value is -6.72. The third-order valence-corrected chi connectivity index (χ3v) is 8.82. The normalized spacial score (nSPS) is 11.3. The topological polar surface area (TPSA) is 56.5 Å². The van der Waals surface area contributed by atoms with E-state index in [-0.39, 0.29) is 0 Å². The molecule has 0 unspecified atom stereocenters. The lowest BCUT2D eigenvalue weighted by molar-refractivity contribution is 1.11. The summed E-state index contributed by atoms with van der Waals surface area (Å²) in [6.45, 7) is 0. The number of nitrogens with zero attached hydrogens (tertiary/aromatic N) is 5. The molecule has 0 aliphatic heterocycles. The van der Waals surface area contributed by atoms with Crippen LogP contribution in [0.3, 0.4) is 0 Å². The van der Waals surface area contributed by atoms with Crippen LogP contribution in [0.2, 0.25) is 0 Å². The van der Waals surface area contributed by atoms with Crippen LogP contribution in [0.1, 0.15) is 0 Å². The minimum atomic E-state index is 0.674. The van der Waals surface area contributed by atoms with Crippen molar-refractivity contribution < 1.29 is 0 Å². The number of para-hydroxylation sites is 2. The Balaban J connectivity index is 1.30. The zero-order valence-electron chi connectivity index (χ0n) is 26.5. The molecule has 0 aliphatic carbocycles. The van der Waals surface area contributed by atoms with Crippen molar-refractivity contribution in [1.82, 2.24) is 24.5 Å². The summed E-state index contributed by atoms with van der Waals surface area (Å²) in [5, 5.41) is 2.11. The van der Waals surface area contributed by atoms with E-state index in [1.54, 1.807) is 0 Å². The third-order valence-electron chi connectivity index (χ3n) is 8.82. The largest absolute Gasteiger partial charge is 0.294 e. The molecule has 0 saturated carbocycles. The summed E-state index contributed by atoms with van der Waals surface area (Å²) in [7, 11) is 0. The highest BCUT2D eigenvalue weighted by Crippen LogP contribution is 2.39. The summed E-state index contributed by atoms with van der Waals surface area (Å²) in [6.07, 6.45) is 0. The van der Waals surface area contributed by atoms with Crippen LogP contribution >= 0.6 is 0 Å². The van der Waals surface area contributed by atoms with Crippen molar-refractivity contribution in [2.24, 2.45) is 0 Å². The van der Waals surface area contributed by atoms with E-state index in [9.17, 15) is 0 Å². The first-order valence-corrected chi connectivity index (χ1v) is 16.3. The van der Waals surface area contributed by atoms with E-state index >= 15 is 0 Å². The fourth-order valence-corrected chi connectivity index (χ4v) is 6.51. The van der Waals surface area contributed by atoms with Crippen molar-refractivity contribution in [2.45, 2.75) is 0 Å². The summed E-state index contributed by atoms with van der Waals surface area (Å²) >= 11 is 0. The third kappa shape index (κ3) is 5.24. The molecule has 0 N–H and O–H groups in total. The molecule has 230 valence electrons. The van der Waals surface area contributed by atoms with Crippen molar-refractivity contribution in [2.75, 3.05) is 0 Å². The molecule has 0 amide bonds. The van der Waals surface area contributed by atoms with E-state index in [1.807, 2.05) is 60.7 Å². The summed E-state index contributed by atoms with van der Waals surface area (Å²) in [5.74, 6) is 1.36. The minimum Gasteiger partial charge on any atom is -0.294 e. The van der Waals surface area contributed by atoms with Gasteiger partial charge in [-0.05, 0) is 30.3 Å². The first kappa shape index (κ1) is 28.5. The fourth-order valence-electron chi connectivity index (χ4n) is 6.51. The van der Waals surface area contributed by atoms with Crippen LogP contribution in [0, 0.1) is 0 Å².